The number of rotatable bonds is 13. The van der Waals surface area contributed by atoms with Crippen LogP contribution in [0.4, 0.5) is 5.69 Å². The Morgan fingerprint density at radius 3 is 2.00 bits per heavy atom. The lowest BCUT2D eigenvalue weighted by Gasteiger charge is -2.24. The molecule has 0 aliphatic carbocycles. The van der Waals surface area contributed by atoms with Gasteiger partial charge >= 0.3 is 0 Å². The van der Waals surface area contributed by atoms with Gasteiger partial charge in [-0.3, -0.25) is 0 Å². The lowest BCUT2D eigenvalue weighted by atomic mass is 9.82. The molecule has 4 nitrogen and oxygen atoms in total. The van der Waals surface area contributed by atoms with Crippen molar-refractivity contribution in [3.05, 3.63) is 28.5 Å². The largest absolute Gasteiger partial charge is 0.398 e. The van der Waals surface area contributed by atoms with Crippen LogP contribution in [-0.2, 0) is 12.8 Å². The molecule has 0 radical (unpaired) electrons. The van der Waals surface area contributed by atoms with Crippen LogP contribution in [-0.4, -0.2) is 15.4 Å². The summed E-state index contributed by atoms with van der Waals surface area (Å²) in [7, 11) is 0. The van der Waals surface area contributed by atoms with Gasteiger partial charge in [0.1, 0.15) is 5.69 Å². The smallest absolute Gasteiger partial charge is 0.118 e. The summed E-state index contributed by atoms with van der Waals surface area (Å²) in [6, 6.07) is 2.40. The van der Waals surface area contributed by atoms with Crippen molar-refractivity contribution in [2.75, 3.05) is 5.73 Å². The zero-order valence-corrected chi connectivity index (χ0v) is 20.3. The van der Waals surface area contributed by atoms with E-state index >= 15 is 0 Å². The Morgan fingerprint density at radius 2 is 1.50 bits per heavy atom. The summed E-state index contributed by atoms with van der Waals surface area (Å²) in [5.74, 6) is 1.42. The first kappa shape index (κ1) is 24.4. The summed E-state index contributed by atoms with van der Waals surface area (Å²) in [5.41, 5.74) is 14.8. The van der Waals surface area contributed by atoms with Gasteiger partial charge in [0, 0.05) is 11.3 Å². The van der Waals surface area contributed by atoms with Crippen LogP contribution >= 0.6 is 0 Å². The maximum atomic E-state index is 6.91. The van der Waals surface area contributed by atoms with E-state index in [0.29, 0.717) is 5.92 Å². The van der Waals surface area contributed by atoms with Crippen LogP contribution in [0, 0.1) is 25.7 Å². The molecule has 2 unspecified atom stereocenters. The van der Waals surface area contributed by atoms with E-state index in [9.17, 15) is 0 Å². The number of aromatic nitrogens is 3. The van der Waals surface area contributed by atoms with E-state index in [0.717, 1.165) is 41.4 Å². The molecule has 0 aliphatic rings. The third-order valence-corrected chi connectivity index (χ3v) is 6.81. The molecular formula is C26H44N4. The number of nitrogens with zero attached hydrogens (tertiary/aromatic N) is 2. The van der Waals surface area contributed by atoms with Gasteiger partial charge < -0.3 is 5.73 Å². The Morgan fingerprint density at radius 1 is 0.900 bits per heavy atom. The van der Waals surface area contributed by atoms with Crippen LogP contribution in [0.5, 0.6) is 0 Å². The fourth-order valence-corrected chi connectivity index (χ4v) is 4.70. The molecule has 4 heteroatoms. The lowest BCUT2D eigenvalue weighted by Crippen LogP contribution is -2.13. The zero-order valence-electron chi connectivity index (χ0n) is 20.3. The van der Waals surface area contributed by atoms with Crippen molar-refractivity contribution < 1.29 is 0 Å². The van der Waals surface area contributed by atoms with Crippen molar-refractivity contribution in [3.63, 3.8) is 0 Å². The molecule has 0 saturated heterocycles. The Bertz CT molecular complexity index is 778. The third kappa shape index (κ3) is 6.09. The SMILES string of the molecule is CCCCC(CC)Cc1cc(C)c(-c2n[nH]nc2C)c(N)c1CC(CC)CCCC. The molecule has 2 rings (SSSR count). The average molecular weight is 413 g/mol. The third-order valence-electron chi connectivity index (χ3n) is 6.81. The van der Waals surface area contributed by atoms with Gasteiger partial charge in [-0.15, -0.1) is 0 Å². The van der Waals surface area contributed by atoms with Gasteiger partial charge in [0.25, 0.3) is 0 Å². The van der Waals surface area contributed by atoms with Crippen LogP contribution in [0.1, 0.15) is 101 Å². The van der Waals surface area contributed by atoms with Gasteiger partial charge in [-0.2, -0.15) is 15.4 Å². The fraction of sp³-hybridized carbons (Fsp3) is 0.692. The Hall–Kier alpha value is -1.84. The van der Waals surface area contributed by atoms with Crippen LogP contribution in [0.2, 0.25) is 0 Å². The number of anilines is 1. The van der Waals surface area contributed by atoms with Gasteiger partial charge in [-0.05, 0) is 55.2 Å². The molecule has 3 N–H and O–H groups in total. The molecule has 0 spiro atoms. The molecule has 0 bridgehead atoms. The van der Waals surface area contributed by atoms with E-state index in [1.165, 1.54) is 68.1 Å². The van der Waals surface area contributed by atoms with E-state index in [1.54, 1.807) is 0 Å². The molecule has 1 aromatic carbocycles. The first-order valence-electron chi connectivity index (χ1n) is 12.2. The monoisotopic (exact) mass is 412 g/mol. The van der Waals surface area contributed by atoms with Gasteiger partial charge in [-0.1, -0.05) is 85.1 Å². The normalized spacial score (nSPS) is 13.5. The summed E-state index contributed by atoms with van der Waals surface area (Å²) in [6.07, 6.45) is 12.4. The van der Waals surface area contributed by atoms with Crippen molar-refractivity contribution in [2.45, 2.75) is 106 Å². The summed E-state index contributed by atoms with van der Waals surface area (Å²) in [4.78, 5) is 0. The number of H-pyrrole nitrogens is 1. The van der Waals surface area contributed by atoms with Gasteiger partial charge in [-0.25, -0.2) is 0 Å². The standard InChI is InChI=1S/C26H44N4/c1-7-11-13-20(9-3)16-22-15-18(5)24(26-19(6)28-30-29-26)25(27)23(22)17-21(10-4)14-12-8-2/h15,20-21H,7-14,16-17,27H2,1-6H3,(H,28,29,30). The van der Waals surface area contributed by atoms with Crippen LogP contribution in [0.15, 0.2) is 6.07 Å². The number of nitrogens with two attached hydrogens (primary N) is 1. The van der Waals surface area contributed by atoms with E-state index in [1.807, 2.05) is 6.92 Å². The number of hydrogen-bond donors (Lipinski definition) is 2. The minimum absolute atomic E-state index is 0.690. The van der Waals surface area contributed by atoms with Crippen molar-refractivity contribution in [3.8, 4) is 11.3 Å². The predicted octanol–water partition coefficient (Wildman–Crippen LogP) is 7.19. The maximum Gasteiger partial charge on any atom is 0.118 e. The second-order valence-corrected chi connectivity index (χ2v) is 9.12. The Balaban J connectivity index is 2.49. The average Bonchev–Trinajstić information content (AvgIpc) is 3.15. The molecule has 168 valence electrons. The lowest BCUT2D eigenvalue weighted by molar-refractivity contribution is 0.435. The number of hydrogen-bond acceptors (Lipinski definition) is 3. The molecule has 1 aromatic heterocycles. The minimum Gasteiger partial charge on any atom is -0.398 e. The molecule has 30 heavy (non-hydrogen) atoms. The first-order valence-corrected chi connectivity index (χ1v) is 12.2. The highest BCUT2D eigenvalue weighted by Gasteiger charge is 2.22. The summed E-state index contributed by atoms with van der Waals surface area (Å²) < 4.78 is 0. The molecule has 0 amide bonds. The van der Waals surface area contributed by atoms with Crippen LogP contribution < -0.4 is 5.73 Å². The number of nitrogen functional groups attached to an aromatic ring is 1. The number of aromatic amines is 1. The molecule has 0 aliphatic heterocycles. The van der Waals surface area contributed by atoms with Gasteiger partial charge in [0.15, 0.2) is 0 Å². The molecular weight excluding hydrogens is 368 g/mol. The topological polar surface area (TPSA) is 67.6 Å². The molecule has 0 saturated carbocycles. The molecule has 1 heterocycles. The number of benzene rings is 1. The molecule has 2 aromatic rings. The molecule has 0 fully saturated rings. The Labute approximate surface area is 184 Å². The van der Waals surface area contributed by atoms with Crippen molar-refractivity contribution in [1.82, 2.24) is 15.4 Å². The highest BCUT2D eigenvalue weighted by atomic mass is 15.3. The van der Waals surface area contributed by atoms with Crippen LogP contribution in [0.3, 0.4) is 0 Å². The van der Waals surface area contributed by atoms with E-state index in [-0.39, 0.29) is 0 Å². The Kier molecular flexibility index (Phi) is 9.87. The number of aryl methyl sites for hydroxylation is 2. The maximum absolute atomic E-state index is 6.91. The summed E-state index contributed by atoms with van der Waals surface area (Å²) >= 11 is 0. The van der Waals surface area contributed by atoms with Gasteiger partial charge in [0.2, 0.25) is 0 Å². The van der Waals surface area contributed by atoms with Gasteiger partial charge in [0.05, 0.1) is 5.69 Å². The second-order valence-electron chi connectivity index (χ2n) is 9.12. The first-order chi connectivity index (χ1) is 14.5. The highest BCUT2D eigenvalue weighted by Crippen LogP contribution is 2.38. The minimum atomic E-state index is 0.690. The van der Waals surface area contributed by atoms with Crippen molar-refractivity contribution in [2.24, 2.45) is 11.8 Å². The summed E-state index contributed by atoms with van der Waals surface area (Å²) in [6.45, 7) is 13.4. The van der Waals surface area contributed by atoms with Crippen molar-refractivity contribution in [1.29, 1.82) is 0 Å². The van der Waals surface area contributed by atoms with Crippen LogP contribution in [0.25, 0.3) is 11.3 Å². The summed E-state index contributed by atoms with van der Waals surface area (Å²) in [5, 5.41) is 11.5. The quantitative estimate of drug-likeness (QED) is 0.342. The second kappa shape index (κ2) is 12.1. The fourth-order valence-electron chi connectivity index (χ4n) is 4.70. The molecule has 2 atom stereocenters. The van der Waals surface area contributed by atoms with E-state index < -0.39 is 0 Å². The predicted molar refractivity (Wildman–Crippen MR) is 130 cm³/mol. The zero-order chi connectivity index (χ0) is 22.1. The van der Waals surface area contributed by atoms with Crippen molar-refractivity contribution >= 4 is 5.69 Å². The highest BCUT2D eigenvalue weighted by molar-refractivity contribution is 5.81. The number of unbranched alkanes of at least 4 members (excludes halogenated alkanes) is 2. The number of nitrogens with one attached hydrogen (secondary N) is 1. The van der Waals surface area contributed by atoms with E-state index in [4.69, 9.17) is 5.73 Å². The van der Waals surface area contributed by atoms with E-state index in [2.05, 4.69) is 56.1 Å².